The Morgan fingerprint density at radius 3 is 2.64 bits per heavy atom. The molecule has 0 bridgehead atoms. The number of carbonyl (C=O) groups excluding carboxylic acids is 1. The zero-order valence-corrected chi connectivity index (χ0v) is 21.1. The third kappa shape index (κ3) is 5.99. The summed E-state index contributed by atoms with van der Waals surface area (Å²) in [5.74, 6) is 1.31. The van der Waals surface area contributed by atoms with Crippen LogP contribution < -0.4 is 19.1 Å². The Morgan fingerprint density at radius 1 is 1.24 bits per heavy atom. The van der Waals surface area contributed by atoms with Crippen molar-refractivity contribution in [3.8, 4) is 11.5 Å². The molecule has 1 amide bonds. The van der Waals surface area contributed by atoms with Crippen molar-refractivity contribution >= 4 is 21.6 Å². The van der Waals surface area contributed by atoms with E-state index < -0.39 is 15.6 Å². The lowest BCUT2D eigenvalue weighted by Gasteiger charge is -2.38. The minimum Gasteiger partial charge on any atom is -0.497 e. The van der Waals surface area contributed by atoms with E-state index in [-0.39, 0.29) is 24.9 Å². The van der Waals surface area contributed by atoms with Gasteiger partial charge in [-0.1, -0.05) is 12.1 Å². The van der Waals surface area contributed by atoms with Crippen molar-refractivity contribution < 1.29 is 22.7 Å². The molecular formula is C25H34N2O5S. The average Bonchev–Trinajstić information content (AvgIpc) is 2.72. The second-order valence-electron chi connectivity index (χ2n) is 9.25. The highest BCUT2D eigenvalue weighted by Crippen LogP contribution is 2.41. The van der Waals surface area contributed by atoms with Crippen LogP contribution in [0.4, 0.5) is 5.69 Å². The molecule has 33 heavy (non-hydrogen) atoms. The predicted octanol–water partition coefficient (Wildman–Crippen LogP) is 4.28. The number of benzene rings is 2. The molecule has 7 nitrogen and oxygen atoms in total. The van der Waals surface area contributed by atoms with E-state index in [0.717, 1.165) is 22.4 Å². The van der Waals surface area contributed by atoms with Crippen LogP contribution in [0.15, 0.2) is 36.4 Å². The minimum absolute atomic E-state index is 0.124. The van der Waals surface area contributed by atoms with Crippen molar-refractivity contribution in [2.45, 2.75) is 58.6 Å². The van der Waals surface area contributed by atoms with Gasteiger partial charge < -0.3 is 14.8 Å². The third-order valence-corrected chi connectivity index (χ3v) is 7.20. The lowest BCUT2D eigenvalue weighted by molar-refractivity contribution is -0.122. The van der Waals surface area contributed by atoms with Crippen LogP contribution in [0, 0.1) is 13.8 Å². The molecule has 1 atom stereocenters. The first-order chi connectivity index (χ1) is 15.4. The maximum atomic E-state index is 12.8. The molecule has 2 aromatic rings. The molecule has 1 aliphatic rings. The van der Waals surface area contributed by atoms with Gasteiger partial charge in [0.2, 0.25) is 15.9 Å². The van der Waals surface area contributed by atoms with Crippen molar-refractivity contribution in [1.82, 2.24) is 5.32 Å². The predicted molar refractivity (Wildman–Crippen MR) is 131 cm³/mol. The molecule has 0 radical (unpaired) electrons. The molecule has 0 aliphatic carbocycles. The van der Waals surface area contributed by atoms with Crippen LogP contribution >= 0.6 is 0 Å². The summed E-state index contributed by atoms with van der Waals surface area (Å²) < 4.78 is 37.7. The largest absolute Gasteiger partial charge is 0.497 e. The molecule has 1 heterocycles. The summed E-state index contributed by atoms with van der Waals surface area (Å²) >= 11 is 0. The molecule has 0 spiro atoms. The Morgan fingerprint density at radius 2 is 1.97 bits per heavy atom. The molecule has 1 aliphatic heterocycles. The summed E-state index contributed by atoms with van der Waals surface area (Å²) in [5.41, 5.74) is 3.06. The molecule has 0 saturated heterocycles. The fourth-order valence-electron chi connectivity index (χ4n) is 4.21. The summed E-state index contributed by atoms with van der Waals surface area (Å²) in [6.07, 6.45) is 2.44. The van der Waals surface area contributed by atoms with E-state index in [9.17, 15) is 13.2 Å². The van der Waals surface area contributed by atoms with E-state index in [1.807, 2.05) is 58.0 Å². The van der Waals surface area contributed by atoms with Crippen LogP contribution in [0.25, 0.3) is 0 Å². The smallest absolute Gasteiger partial charge is 0.232 e. The topological polar surface area (TPSA) is 84.9 Å². The number of anilines is 1. The minimum atomic E-state index is -3.47. The number of nitrogens with zero attached hydrogens (tertiary/aromatic N) is 1. The number of fused-ring (bicyclic) bond motifs is 1. The zero-order valence-electron chi connectivity index (χ0n) is 20.3. The number of rotatable bonds is 8. The highest BCUT2D eigenvalue weighted by Gasteiger charge is 2.34. The van der Waals surface area contributed by atoms with Crippen molar-refractivity contribution in [3.05, 3.63) is 53.1 Å². The van der Waals surface area contributed by atoms with Crippen molar-refractivity contribution in [2.75, 3.05) is 24.2 Å². The third-order valence-electron chi connectivity index (χ3n) is 6.02. The van der Waals surface area contributed by atoms with Gasteiger partial charge in [-0.25, -0.2) is 8.42 Å². The number of hydrogen-bond donors (Lipinski definition) is 1. The first-order valence-corrected chi connectivity index (χ1v) is 13.0. The molecule has 0 fully saturated rings. The van der Waals surface area contributed by atoms with Gasteiger partial charge in [0.25, 0.3) is 0 Å². The van der Waals surface area contributed by atoms with Gasteiger partial charge in [-0.15, -0.1) is 0 Å². The molecule has 1 N–H and O–H groups in total. The average molecular weight is 475 g/mol. The van der Waals surface area contributed by atoms with Crippen LogP contribution in [-0.2, 0) is 14.8 Å². The molecule has 1 unspecified atom stereocenters. The molecule has 0 aromatic heterocycles. The van der Waals surface area contributed by atoms with Crippen molar-refractivity contribution in [2.24, 2.45) is 0 Å². The van der Waals surface area contributed by atoms with Gasteiger partial charge >= 0.3 is 0 Å². The van der Waals surface area contributed by atoms with Crippen LogP contribution in [0.1, 0.15) is 55.8 Å². The Kier molecular flexibility index (Phi) is 7.26. The van der Waals surface area contributed by atoms with Gasteiger partial charge in [0.1, 0.15) is 17.1 Å². The number of hydrogen-bond acceptors (Lipinski definition) is 5. The lowest BCUT2D eigenvalue weighted by atomic mass is 9.89. The number of carbonyl (C=O) groups is 1. The summed E-state index contributed by atoms with van der Waals surface area (Å²) in [5, 5.41) is 3.11. The number of ether oxygens (including phenoxy) is 2. The van der Waals surface area contributed by atoms with E-state index in [0.29, 0.717) is 24.3 Å². The number of aryl methyl sites for hydroxylation is 1. The fourth-order valence-corrected chi connectivity index (χ4v) is 5.22. The monoisotopic (exact) mass is 474 g/mol. The molecule has 8 heteroatoms. The Hall–Kier alpha value is -2.74. The van der Waals surface area contributed by atoms with Crippen LogP contribution in [-0.4, -0.2) is 39.8 Å². The SMILES string of the molecule is COc1ccc2c(c1)C(NC(=O)CCCN(c1cccc(C)c1C)S(C)(=O)=O)CC(C)(C)O2. The number of sulfonamides is 1. The van der Waals surface area contributed by atoms with Gasteiger partial charge in [0.05, 0.1) is 25.1 Å². The maximum absolute atomic E-state index is 12.8. The van der Waals surface area contributed by atoms with Crippen molar-refractivity contribution in [1.29, 1.82) is 0 Å². The quantitative estimate of drug-likeness (QED) is 0.617. The summed E-state index contributed by atoms with van der Waals surface area (Å²) in [7, 11) is -1.87. The second kappa shape index (κ2) is 9.63. The van der Waals surface area contributed by atoms with Crippen molar-refractivity contribution in [3.63, 3.8) is 0 Å². The maximum Gasteiger partial charge on any atom is 0.232 e. The molecule has 180 valence electrons. The van der Waals surface area contributed by atoms with Gasteiger partial charge in [0, 0.05) is 24.9 Å². The van der Waals surface area contributed by atoms with Crippen LogP contribution in [0.2, 0.25) is 0 Å². The number of amides is 1. The van der Waals surface area contributed by atoms with E-state index in [4.69, 9.17) is 9.47 Å². The molecule has 0 saturated carbocycles. The first kappa shape index (κ1) is 24.9. The van der Waals surface area contributed by atoms with E-state index in [2.05, 4.69) is 5.32 Å². The Balaban J connectivity index is 1.69. The number of nitrogens with one attached hydrogen (secondary N) is 1. The highest BCUT2D eigenvalue weighted by atomic mass is 32.2. The van der Waals surface area contributed by atoms with Gasteiger partial charge in [-0.3, -0.25) is 9.10 Å². The molecular weight excluding hydrogens is 440 g/mol. The Labute approximate surface area is 197 Å². The fraction of sp³-hybridized carbons (Fsp3) is 0.480. The second-order valence-corrected chi connectivity index (χ2v) is 11.2. The van der Waals surface area contributed by atoms with Gasteiger partial charge in [-0.05, 0) is 69.5 Å². The van der Waals surface area contributed by atoms with E-state index in [1.54, 1.807) is 13.2 Å². The normalized spacial score (nSPS) is 17.0. The zero-order chi connectivity index (χ0) is 24.4. The van der Waals surface area contributed by atoms with Crippen LogP contribution in [0.5, 0.6) is 11.5 Å². The van der Waals surface area contributed by atoms with Gasteiger partial charge in [-0.2, -0.15) is 0 Å². The van der Waals surface area contributed by atoms with Crippen LogP contribution in [0.3, 0.4) is 0 Å². The lowest BCUT2D eigenvalue weighted by Crippen LogP contribution is -2.41. The van der Waals surface area contributed by atoms with E-state index in [1.165, 1.54) is 10.6 Å². The summed E-state index contributed by atoms with van der Waals surface area (Å²) in [6.45, 7) is 8.09. The molecule has 3 rings (SSSR count). The van der Waals surface area contributed by atoms with Gasteiger partial charge in [0.15, 0.2) is 0 Å². The molecule has 2 aromatic carbocycles. The summed E-state index contributed by atoms with van der Waals surface area (Å²) in [6, 6.07) is 11.0. The Bertz CT molecular complexity index is 1130. The standard InChI is InChI=1S/C25H34N2O5S/c1-17-9-7-10-22(18(17)2)27(33(6,29)30)14-8-11-24(28)26-21-16-25(3,4)32-23-13-12-19(31-5)15-20(21)23/h7,9-10,12-13,15,21H,8,11,14,16H2,1-6H3,(H,26,28). The number of methoxy groups -OCH3 is 1. The summed E-state index contributed by atoms with van der Waals surface area (Å²) in [4.78, 5) is 12.8. The van der Waals surface area contributed by atoms with E-state index >= 15 is 0 Å². The first-order valence-electron chi connectivity index (χ1n) is 11.1. The highest BCUT2D eigenvalue weighted by molar-refractivity contribution is 7.92.